The average molecular weight is 335 g/mol. The summed E-state index contributed by atoms with van der Waals surface area (Å²) in [6.45, 7) is 3.86. The van der Waals surface area contributed by atoms with Gasteiger partial charge in [-0.05, 0) is 63.2 Å². The third-order valence-electron chi connectivity index (χ3n) is 5.29. The number of unbranched alkanes of at least 4 members (excludes halogenated alkanes) is 5. The first-order valence-electron chi connectivity index (χ1n) is 10.4. The molecule has 0 spiro atoms. The summed E-state index contributed by atoms with van der Waals surface area (Å²) in [5.74, 6) is 1.55. The van der Waals surface area contributed by atoms with Crippen molar-refractivity contribution < 1.29 is 9.47 Å². The van der Waals surface area contributed by atoms with Crippen molar-refractivity contribution in [2.45, 2.75) is 77.0 Å². The first-order chi connectivity index (χ1) is 11.9. The van der Waals surface area contributed by atoms with E-state index in [0.29, 0.717) is 0 Å². The molecular weight excluding hydrogens is 296 g/mol. The molecule has 2 heteroatoms. The Labute approximate surface area is 149 Å². The number of allylic oxidation sites excluding steroid dienone is 4. The van der Waals surface area contributed by atoms with Crippen LogP contribution in [0, 0.1) is 11.8 Å². The minimum Gasteiger partial charge on any atom is -0.381 e. The van der Waals surface area contributed by atoms with Gasteiger partial charge in [0, 0.05) is 26.4 Å². The summed E-state index contributed by atoms with van der Waals surface area (Å²) >= 11 is 0. The van der Waals surface area contributed by atoms with Crippen molar-refractivity contribution in [2.75, 3.05) is 26.4 Å². The highest BCUT2D eigenvalue weighted by atomic mass is 16.5. The Bertz CT molecular complexity index is 314. The number of hydrogen-bond donors (Lipinski definition) is 0. The van der Waals surface area contributed by atoms with Gasteiger partial charge in [-0.2, -0.15) is 0 Å². The Hall–Kier alpha value is -0.600. The largest absolute Gasteiger partial charge is 0.381 e. The molecule has 2 aliphatic rings. The predicted molar refractivity (Wildman–Crippen MR) is 102 cm³/mol. The van der Waals surface area contributed by atoms with Gasteiger partial charge in [0.1, 0.15) is 0 Å². The lowest BCUT2D eigenvalue weighted by atomic mass is 9.95. The quantitative estimate of drug-likeness (QED) is 0.300. The van der Waals surface area contributed by atoms with E-state index in [1.165, 1.54) is 77.0 Å². The molecule has 0 aromatic rings. The summed E-state index contributed by atoms with van der Waals surface area (Å²) in [7, 11) is 0. The monoisotopic (exact) mass is 334 g/mol. The molecule has 2 aliphatic carbocycles. The van der Waals surface area contributed by atoms with Crippen molar-refractivity contribution in [3.63, 3.8) is 0 Å². The molecule has 0 aliphatic heterocycles. The van der Waals surface area contributed by atoms with Crippen LogP contribution in [0.1, 0.15) is 77.0 Å². The number of hydrogen-bond acceptors (Lipinski definition) is 2. The van der Waals surface area contributed by atoms with Crippen molar-refractivity contribution in [1.82, 2.24) is 0 Å². The summed E-state index contributed by atoms with van der Waals surface area (Å²) < 4.78 is 11.7. The van der Waals surface area contributed by atoms with Crippen LogP contribution in [0.2, 0.25) is 0 Å². The second-order valence-electron chi connectivity index (χ2n) is 7.57. The Morgan fingerprint density at radius 2 is 1.04 bits per heavy atom. The van der Waals surface area contributed by atoms with Crippen LogP contribution in [0.5, 0.6) is 0 Å². The molecule has 0 aromatic heterocycles. The Kier molecular flexibility index (Phi) is 11.2. The zero-order valence-electron chi connectivity index (χ0n) is 15.6. The molecule has 0 N–H and O–H groups in total. The molecule has 0 bridgehead atoms. The summed E-state index contributed by atoms with van der Waals surface area (Å²) in [5.41, 5.74) is 0. The van der Waals surface area contributed by atoms with Gasteiger partial charge in [0.05, 0.1) is 0 Å². The molecule has 2 unspecified atom stereocenters. The third-order valence-corrected chi connectivity index (χ3v) is 5.29. The van der Waals surface area contributed by atoms with Crippen LogP contribution < -0.4 is 0 Å². The minimum atomic E-state index is 0.777. The fourth-order valence-electron chi connectivity index (χ4n) is 3.63. The normalized spacial score (nSPS) is 23.7. The SMILES string of the molecule is C1=CCC(COCCCCCCCCOCC2CC=CCC2)CC1. The summed E-state index contributed by atoms with van der Waals surface area (Å²) in [4.78, 5) is 0. The second kappa shape index (κ2) is 13.7. The number of ether oxygens (including phenoxy) is 2. The smallest absolute Gasteiger partial charge is 0.0497 e. The van der Waals surface area contributed by atoms with E-state index >= 15 is 0 Å². The maximum atomic E-state index is 5.83. The van der Waals surface area contributed by atoms with Crippen molar-refractivity contribution >= 4 is 0 Å². The van der Waals surface area contributed by atoms with Gasteiger partial charge in [0.15, 0.2) is 0 Å². The van der Waals surface area contributed by atoms with E-state index < -0.39 is 0 Å². The molecule has 0 amide bonds. The molecule has 24 heavy (non-hydrogen) atoms. The minimum absolute atomic E-state index is 0.777. The van der Waals surface area contributed by atoms with Crippen LogP contribution in [-0.2, 0) is 9.47 Å². The molecule has 0 heterocycles. The van der Waals surface area contributed by atoms with Crippen LogP contribution in [0.25, 0.3) is 0 Å². The fourth-order valence-corrected chi connectivity index (χ4v) is 3.63. The van der Waals surface area contributed by atoms with Crippen LogP contribution >= 0.6 is 0 Å². The van der Waals surface area contributed by atoms with Gasteiger partial charge in [-0.25, -0.2) is 0 Å². The Morgan fingerprint density at radius 1 is 0.583 bits per heavy atom. The van der Waals surface area contributed by atoms with Gasteiger partial charge in [-0.3, -0.25) is 0 Å². The Balaban J connectivity index is 1.26. The fraction of sp³-hybridized carbons (Fsp3) is 0.818. The first-order valence-corrected chi connectivity index (χ1v) is 10.4. The zero-order chi connectivity index (χ0) is 16.7. The average Bonchev–Trinajstić information content (AvgIpc) is 2.64. The highest BCUT2D eigenvalue weighted by Gasteiger charge is 2.10. The van der Waals surface area contributed by atoms with Gasteiger partial charge in [-0.15, -0.1) is 0 Å². The zero-order valence-corrected chi connectivity index (χ0v) is 15.6. The van der Waals surface area contributed by atoms with Crippen molar-refractivity contribution in [3.05, 3.63) is 24.3 Å². The molecular formula is C22H38O2. The van der Waals surface area contributed by atoms with E-state index in [1.807, 2.05) is 0 Å². The van der Waals surface area contributed by atoms with E-state index in [4.69, 9.17) is 9.47 Å². The van der Waals surface area contributed by atoms with Gasteiger partial charge < -0.3 is 9.47 Å². The lowest BCUT2D eigenvalue weighted by Crippen LogP contribution is -2.11. The van der Waals surface area contributed by atoms with E-state index in [1.54, 1.807) is 0 Å². The summed E-state index contributed by atoms with van der Waals surface area (Å²) in [5, 5.41) is 0. The molecule has 0 radical (unpaired) electrons. The summed E-state index contributed by atoms with van der Waals surface area (Å²) in [6, 6.07) is 0. The summed E-state index contributed by atoms with van der Waals surface area (Å²) in [6.07, 6.45) is 24.6. The van der Waals surface area contributed by atoms with Gasteiger partial charge in [-0.1, -0.05) is 50.0 Å². The second-order valence-corrected chi connectivity index (χ2v) is 7.57. The lowest BCUT2D eigenvalue weighted by molar-refractivity contribution is 0.0908. The number of rotatable bonds is 13. The molecule has 2 nitrogen and oxygen atoms in total. The van der Waals surface area contributed by atoms with Gasteiger partial charge in [0.2, 0.25) is 0 Å². The molecule has 138 valence electrons. The van der Waals surface area contributed by atoms with Crippen molar-refractivity contribution in [1.29, 1.82) is 0 Å². The molecule has 2 atom stereocenters. The van der Waals surface area contributed by atoms with E-state index in [-0.39, 0.29) is 0 Å². The third kappa shape index (κ3) is 9.64. The predicted octanol–water partition coefficient (Wildman–Crippen LogP) is 6.07. The topological polar surface area (TPSA) is 18.5 Å². The molecule has 0 aromatic carbocycles. The maximum absolute atomic E-state index is 5.83. The van der Waals surface area contributed by atoms with Crippen LogP contribution in [-0.4, -0.2) is 26.4 Å². The van der Waals surface area contributed by atoms with Gasteiger partial charge in [0.25, 0.3) is 0 Å². The molecule has 0 saturated heterocycles. The van der Waals surface area contributed by atoms with Crippen LogP contribution in [0.15, 0.2) is 24.3 Å². The van der Waals surface area contributed by atoms with Crippen LogP contribution in [0.3, 0.4) is 0 Å². The van der Waals surface area contributed by atoms with Crippen molar-refractivity contribution in [2.24, 2.45) is 11.8 Å². The molecule has 0 saturated carbocycles. The van der Waals surface area contributed by atoms with Crippen molar-refractivity contribution in [3.8, 4) is 0 Å². The Morgan fingerprint density at radius 3 is 1.46 bits per heavy atom. The van der Waals surface area contributed by atoms with E-state index in [9.17, 15) is 0 Å². The lowest BCUT2D eigenvalue weighted by Gasteiger charge is -2.17. The van der Waals surface area contributed by atoms with Gasteiger partial charge >= 0.3 is 0 Å². The molecule has 0 fully saturated rings. The van der Waals surface area contributed by atoms with E-state index in [0.717, 1.165) is 38.3 Å². The standard InChI is InChI=1S/C22H38O2/c1(3-11-17-23-19-21-13-7-5-8-14-21)2-4-12-18-24-20-22-15-9-6-10-16-22/h5-7,9,21-22H,1-4,8,10-20H2. The first kappa shape index (κ1) is 19.7. The highest BCUT2D eigenvalue weighted by Crippen LogP contribution is 2.19. The highest BCUT2D eigenvalue weighted by molar-refractivity contribution is 4.90. The maximum Gasteiger partial charge on any atom is 0.0497 e. The van der Waals surface area contributed by atoms with E-state index in [2.05, 4.69) is 24.3 Å². The molecule has 2 rings (SSSR count). The van der Waals surface area contributed by atoms with Crippen LogP contribution in [0.4, 0.5) is 0 Å².